The minimum Gasteiger partial charge on any atom is -0.479 e. The van der Waals surface area contributed by atoms with Crippen molar-refractivity contribution in [3.63, 3.8) is 0 Å². The maximum absolute atomic E-state index is 13.0. The summed E-state index contributed by atoms with van der Waals surface area (Å²) in [7, 11) is 0. The Kier molecular flexibility index (Phi) is 4.89. The van der Waals surface area contributed by atoms with Crippen LogP contribution in [0.2, 0.25) is 0 Å². The molecule has 2 N–H and O–H groups in total. The summed E-state index contributed by atoms with van der Waals surface area (Å²) in [6.07, 6.45) is -0.309. The average Bonchev–Trinajstić information content (AvgIpc) is 2.25. The number of rotatable bonds is 5. The molecule has 0 aromatic heterocycles. The molecule has 1 aromatic carbocycles. The molecule has 0 radical (unpaired) electrons. The number of aryl methyl sites for hydroxylation is 1. The zero-order valence-corrected chi connectivity index (χ0v) is 10.1. The summed E-state index contributed by atoms with van der Waals surface area (Å²) in [5, 5.41) is 18.9. The normalized spacial score (nSPS) is 12.4. The summed E-state index contributed by atoms with van der Waals surface area (Å²) in [6.45, 7) is 0. The highest BCUT2D eigenvalue weighted by atomic mass is 79.9. The lowest BCUT2D eigenvalue weighted by molar-refractivity contribution is -0.147. The zero-order chi connectivity index (χ0) is 12.1. The fourth-order valence-electron chi connectivity index (χ4n) is 1.45. The number of hydrogen-bond donors (Lipinski definition) is 2. The molecule has 1 aromatic rings. The molecule has 1 unspecified atom stereocenters. The van der Waals surface area contributed by atoms with Crippen molar-refractivity contribution in [3.8, 4) is 0 Å². The van der Waals surface area contributed by atoms with Gasteiger partial charge in [-0.3, -0.25) is 0 Å². The van der Waals surface area contributed by atoms with Gasteiger partial charge in [-0.25, -0.2) is 9.18 Å². The molecule has 0 amide bonds. The Hall–Kier alpha value is -0.940. The third-order valence-electron chi connectivity index (χ3n) is 2.21. The summed E-state index contributed by atoms with van der Waals surface area (Å²) < 4.78 is 13.0. The van der Waals surface area contributed by atoms with E-state index in [0.29, 0.717) is 12.0 Å². The molecule has 0 aliphatic heterocycles. The molecule has 0 bridgehead atoms. The maximum atomic E-state index is 13.0. The topological polar surface area (TPSA) is 57.5 Å². The molecule has 0 saturated carbocycles. The van der Waals surface area contributed by atoms with Gasteiger partial charge in [-0.2, -0.15) is 0 Å². The fourth-order valence-corrected chi connectivity index (χ4v) is 1.73. The highest BCUT2D eigenvalue weighted by molar-refractivity contribution is 9.09. The number of carbonyl (C=O) groups is 1. The van der Waals surface area contributed by atoms with E-state index in [9.17, 15) is 14.3 Å². The first kappa shape index (κ1) is 13.1. The van der Waals surface area contributed by atoms with Gasteiger partial charge in [-0.1, -0.05) is 22.0 Å². The van der Waals surface area contributed by atoms with Crippen molar-refractivity contribution in [3.05, 3.63) is 35.1 Å². The first-order chi connectivity index (χ1) is 7.56. The van der Waals surface area contributed by atoms with Gasteiger partial charge in [0.1, 0.15) is 5.82 Å². The molecule has 0 spiro atoms. The third-order valence-corrected chi connectivity index (χ3v) is 2.77. The second-order valence-electron chi connectivity index (χ2n) is 3.38. The lowest BCUT2D eigenvalue weighted by atomic mass is 9.99. The van der Waals surface area contributed by atoms with Gasteiger partial charge in [0.15, 0.2) is 6.10 Å². The second kappa shape index (κ2) is 5.96. The van der Waals surface area contributed by atoms with Gasteiger partial charge in [-0.05, 0) is 36.1 Å². The number of hydrogen-bond acceptors (Lipinski definition) is 2. The quantitative estimate of drug-likeness (QED) is 0.818. The van der Waals surface area contributed by atoms with Gasteiger partial charge < -0.3 is 10.2 Å². The van der Waals surface area contributed by atoms with E-state index < -0.39 is 17.9 Å². The van der Waals surface area contributed by atoms with E-state index >= 15 is 0 Å². The van der Waals surface area contributed by atoms with E-state index in [4.69, 9.17) is 5.11 Å². The number of carboxylic acids is 1. The first-order valence-corrected chi connectivity index (χ1v) is 5.93. The Bertz CT molecular complexity index is 381. The number of aliphatic hydroxyl groups excluding tert-OH is 1. The van der Waals surface area contributed by atoms with E-state index in [0.717, 1.165) is 17.8 Å². The Balaban J connectivity index is 3.01. The number of benzene rings is 1. The Labute approximate surface area is 101 Å². The zero-order valence-electron chi connectivity index (χ0n) is 8.49. The van der Waals surface area contributed by atoms with Crippen LogP contribution in [0, 0.1) is 5.82 Å². The average molecular weight is 291 g/mol. The van der Waals surface area contributed by atoms with Gasteiger partial charge in [0.2, 0.25) is 0 Å². The van der Waals surface area contributed by atoms with Crippen LogP contribution in [0.3, 0.4) is 0 Å². The van der Waals surface area contributed by atoms with Crippen molar-refractivity contribution < 1.29 is 19.4 Å². The molecule has 88 valence electrons. The monoisotopic (exact) mass is 290 g/mol. The third kappa shape index (κ3) is 3.28. The van der Waals surface area contributed by atoms with Crippen LogP contribution in [0.5, 0.6) is 0 Å². The van der Waals surface area contributed by atoms with E-state index in [1.165, 1.54) is 12.1 Å². The number of aliphatic hydroxyl groups is 1. The molecule has 5 heteroatoms. The van der Waals surface area contributed by atoms with Gasteiger partial charge >= 0.3 is 5.97 Å². The lowest BCUT2D eigenvalue weighted by Gasteiger charge is -2.12. The van der Waals surface area contributed by atoms with E-state index in [-0.39, 0.29) is 5.56 Å². The van der Waals surface area contributed by atoms with E-state index in [1.807, 2.05) is 0 Å². The van der Waals surface area contributed by atoms with Crippen molar-refractivity contribution in [1.29, 1.82) is 0 Å². The van der Waals surface area contributed by atoms with Crippen molar-refractivity contribution in [2.45, 2.75) is 18.9 Å². The van der Waals surface area contributed by atoms with Crippen molar-refractivity contribution in [1.82, 2.24) is 0 Å². The lowest BCUT2D eigenvalue weighted by Crippen LogP contribution is -2.13. The summed E-state index contributed by atoms with van der Waals surface area (Å²) in [6, 6.07) is 3.74. The van der Waals surface area contributed by atoms with Crippen LogP contribution < -0.4 is 0 Å². The molecule has 0 aliphatic carbocycles. The second-order valence-corrected chi connectivity index (χ2v) is 4.17. The fraction of sp³-hybridized carbons (Fsp3) is 0.364. The van der Waals surface area contributed by atoms with Crippen molar-refractivity contribution in [2.24, 2.45) is 0 Å². The van der Waals surface area contributed by atoms with E-state index in [2.05, 4.69) is 15.9 Å². The molecule has 3 nitrogen and oxygen atoms in total. The summed E-state index contributed by atoms with van der Waals surface area (Å²) >= 11 is 3.24. The van der Waals surface area contributed by atoms with Crippen molar-refractivity contribution in [2.75, 3.05) is 5.33 Å². The van der Waals surface area contributed by atoms with Gasteiger partial charge in [0, 0.05) is 5.33 Å². The molecule has 16 heavy (non-hydrogen) atoms. The van der Waals surface area contributed by atoms with Gasteiger partial charge in [-0.15, -0.1) is 0 Å². The standard InChI is InChI=1S/C11H12BrFO3/c12-5-1-2-7-6-8(13)3-4-9(7)10(14)11(15)16/h3-4,6,10,14H,1-2,5H2,(H,15,16). The van der Waals surface area contributed by atoms with Crippen LogP contribution in [0.1, 0.15) is 23.7 Å². The summed E-state index contributed by atoms with van der Waals surface area (Å²) in [5.41, 5.74) is 0.796. The van der Waals surface area contributed by atoms with Crippen LogP contribution in [0.15, 0.2) is 18.2 Å². The van der Waals surface area contributed by atoms with Crippen LogP contribution in [-0.4, -0.2) is 21.5 Å². The van der Waals surface area contributed by atoms with Gasteiger partial charge in [0.25, 0.3) is 0 Å². The Morgan fingerprint density at radius 2 is 2.19 bits per heavy atom. The summed E-state index contributed by atoms with van der Waals surface area (Å²) in [5.74, 6) is -1.75. The Morgan fingerprint density at radius 3 is 2.75 bits per heavy atom. The van der Waals surface area contributed by atoms with E-state index in [1.54, 1.807) is 0 Å². The molecular weight excluding hydrogens is 279 g/mol. The highest BCUT2D eigenvalue weighted by Gasteiger charge is 2.19. The van der Waals surface area contributed by atoms with Crippen LogP contribution >= 0.6 is 15.9 Å². The number of carboxylic acid groups (broad SMARTS) is 1. The largest absolute Gasteiger partial charge is 0.479 e. The van der Waals surface area contributed by atoms with Crippen LogP contribution in [0.25, 0.3) is 0 Å². The molecule has 0 heterocycles. The number of aliphatic carboxylic acids is 1. The maximum Gasteiger partial charge on any atom is 0.337 e. The van der Waals surface area contributed by atoms with Gasteiger partial charge in [0.05, 0.1) is 0 Å². The minimum absolute atomic E-state index is 0.259. The SMILES string of the molecule is O=C(O)C(O)c1ccc(F)cc1CCCBr. The van der Waals surface area contributed by atoms with Crippen LogP contribution in [0.4, 0.5) is 4.39 Å². The number of halogens is 2. The minimum atomic E-state index is -1.59. The Morgan fingerprint density at radius 1 is 1.50 bits per heavy atom. The molecule has 1 rings (SSSR count). The molecule has 0 fully saturated rings. The molecular formula is C11H12BrFO3. The van der Waals surface area contributed by atoms with Crippen molar-refractivity contribution >= 4 is 21.9 Å². The molecule has 1 atom stereocenters. The highest BCUT2D eigenvalue weighted by Crippen LogP contribution is 2.21. The molecule has 0 saturated heterocycles. The molecule has 0 aliphatic rings. The number of alkyl halides is 1. The predicted octanol–water partition coefficient (Wildman–Crippen LogP) is 2.27. The summed E-state index contributed by atoms with van der Waals surface area (Å²) in [4.78, 5) is 10.7. The predicted molar refractivity (Wildman–Crippen MR) is 61.1 cm³/mol. The first-order valence-electron chi connectivity index (χ1n) is 4.81. The van der Waals surface area contributed by atoms with Crippen LogP contribution in [-0.2, 0) is 11.2 Å². The smallest absolute Gasteiger partial charge is 0.337 e.